The zero-order valence-corrected chi connectivity index (χ0v) is 15.8. The minimum absolute atomic E-state index is 0.266. The van der Waals surface area contributed by atoms with Crippen LogP contribution in [0.3, 0.4) is 0 Å². The summed E-state index contributed by atoms with van der Waals surface area (Å²) in [6, 6.07) is 5.80. The van der Waals surface area contributed by atoms with Crippen molar-refractivity contribution >= 4 is 11.8 Å². The van der Waals surface area contributed by atoms with Gasteiger partial charge in [0.2, 0.25) is 11.8 Å². The molecule has 0 aliphatic rings. The molecule has 0 fully saturated rings. The third-order valence-electron chi connectivity index (χ3n) is 4.31. The third kappa shape index (κ3) is 4.30. The number of ether oxygens (including phenoxy) is 1. The van der Waals surface area contributed by atoms with E-state index in [0.29, 0.717) is 12.2 Å². The Hall–Kier alpha value is -3.23. The van der Waals surface area contributed by atoms with Crippen LogP contribution >= 0.6 is 0 Å². The molecule has 0 bridgehead atoms. The minimum Gasteiger partial charge on any atom is -0.496 e. The lowest BCUT2D eigenvalue weighted by Crippen LogP contribution is -2.11. The van der Waals surface area contributed by atoms with Gasteiger partial charge in [0.15, 0.2) is 0 Å². The van der Waals surface area contributed by atoms with E-state index in [0.717, 1.165) is 53.3 Å². The number of nitrogens with zero attached hydrogens (tertiary/aromatic N) is 5. The highest BCUT2D eigenvalue weighted by molar-refractivity contribution is 5.60. The summed E-state index contributed by atoms with van der Waals surface area (Å²) in [5, 5.41) is 17.6. The van der Waals surface area contributed by atoms with Crippen molar-refractivity contribution in [1.82, 2.24) is 30.6 Å². The molecule has 0 aliphatic carbocycles. The number of aryl methyl sites for hydroxylation is 1. The maximum absolute atomic E-state index is 5.86. The number of H-pyrrole nitrogens is 1. The number of aromatic nitrogens is 6. The Morgan fingerprint density at radius 1 is 1.26 bits per heavy atom. The van der Waals surface area contributed by atoms with Gasteiger partial charge in [-0.15, -0.1) is 10.2 Å². The Bertz CT molecular complexity index is 895. The lowest BCUT2D eigenvalue weighted by atomic mass is 10.0. The number of unbranched alkanes of at least 4 members (excludes halogenated alkanes) is 1. The quantitative estimate of drug-likeness (QED) is 0.517. The number of aromatic amines is 1. The highest BCUT2D eigenvalue weighted by Gasteiger charge is 2.15. The zero-order chi connectivity index (χ0) is 19.2. The first kappa shape index (κ1) is 18.6. The maximum atomic E-state index is 5.86. The summed E-state index contributed by atoms with van der Waals surface area (Å²) in [6.07, 6.45) is 2.75. The van der Waals surface area contributed by atoms with Crippen LogP contribution in [0.4, 0.5) is 11.8 Å². The van der Waals surface area contributed by atoms with Crippen LogP contribution in [0, 0.1) is 6.92 Å². The Balaban J connectivity index is 1.97. The van der Waals surface area contributed by atoms with Gasteiger partial charge in [-0.05, 0) is 42.3 Å². The molecule has 142 valence electrons. The molecular weight excluding hydrogens is 344 g/mol. The Morgan fingerprint density at radius 3 is 2.81 bits per heavy atom. The van der Waals surface area contributed by atoms with Gasteiger partial charge in [0.1, 0.15) is 11.6 Å². The summed E-state index contributed by atoms with van der Waals surface area (Å²) in [4.78, 5) is 8.74. The predicted octanol–water partition coefficient (Wildman–Crippen LogP) is 2.36. The summed E-state index contributed by atoms with van der Waals surface area (Å²) >= 11 is 0. The molecule has 3 rings (SSSR count). The van der Waals surface area contributed by atoms with E-state index < -0.39 is 0 Å². The van der Waals surface area contributed by atoms with E-state index in [2.05, 4.69) is 42.8 Å². The summed E-state index contributed by atoms with van der Waals surface area (Å²) in [5.41, 5.74) is 9.52. The Labute approximate surface area is 157 Å². The van der Waals surface area contributed by atoms with Crippen molar-refractivity contribution < 1.29 is 4.74 Å². The number of nitrogens with two attached hydrogens (primary N) is 1. The largest absolute Gasteiger partial charge is 0.496 e. The number of rotatable bonds is 8. The molecule has 2 heterocycles. The van der Waals surface area contributed by atoms with Gasteiger partial charge in [-0.25, -0.2) is 4.98 Å². The fourth-order valence-electron chi connectivity index (χ4n) is 2.89. The maximum Gasteiger partial charge on any atom is 0.222 e. The molecule has 0 amide bonds. The topological polar surface area (TPSA) is 128 Å². The van der Waals surface area contributed by atoms with Crippen LogP contribution in [0.15, 0.2) is 18.2 Å². The van der Waals surface area contributed by atoms with Gasteiger partial charge in [-0.1, -0.05) is 13.3 Å². The highest BCUT2D eigenvalue weighted by atomic mass is 16.5. The van der Waals surface area contributed by atoms with E-state index >= 15 is 0 Å². The summed E-state index contributed by atoms with van der Waals surface area (Å²) in [6.45, 7) is 4.92. The number of anilines is 2. The minimum atomic E-state index is 0.266. The standard InChI is InChI=1S/C18H24N8O/c1-4-5-8-20-17-14(11(2)21-18(19)22-17)10-13-9-12(6-7-15(13)27-3)16-23-25-26-24-16/h6-7,9H,4-5,8,10H2,1-3H3,(H3,19,20,21,22)(H,23,24,25,26). The summed E-state index contributed by atoms with van der Waals surface area (Å²) < 4.78 is 5.54. The third-order valence-corrected chi connectivity index (χ3v) is 4.31. The first-order valence-corrected chi connectivity index (χ1v) is 8.90. The summed E-state index contributed by atoms with van der Waals surface area (Å²) in [7, 11) is 1.65. The van der Waals surface area contributed by atoms with E-state index in [4.69, 9.17) is 10.5 Å². The summed E-state index contributed by atoms with van der Waals surface area (Å²) in [5.74, 6) is 2.34. The number of hydrogen-bond donors (Lipinski definition) is 3. The number of hydrogen-bond acceptors (Lipinski definition) is 8. The first-order valence-electron chi connectivity index (χ1n) is 8.90. The lowest BCUT2D eigenvalue weighted by Gasteiger charge is -2.16. The van der Waals surface area contributed by atoms with Crippen molar-refractivity contribution in [1.29, 1.82) is 0 Å². The van der Waals surface area contributed by atoms with Crippen molar-refractivity contribution in [2.24, 2.45) is 0 Å². The molecule has 0 aliphatic heterocycles. The predicted molar refractivity (Wildman–Crippen MR) is 104 cm³/mol. The fraction of sp³-hybridized carbons (Fsp3) is 0.389. The van der Waals surface area contributed by atoms with Gasteiger partial charge in [0.25, 0.3) is 0 Å². The van der Waals surface area contributed by atoms with Gasteiger partial charge < -0.3 is 15.8 Å². The number of tetrazole rings is 1. The SMILES string of the molecule is CCCCNc1nc(N)nc(C)c1Cc1cc(-c2nn[nH]n2)ccc1OC. The highest BCUT2D eigenvalue weighted by Crippen LogP contribution is 2.29. The molecule has 9 nitrogen and oxygen atoms in total. The van der Waals surface area contributed by atoms with Crippen molar-refractivity contribution in [2.75, 3.05) is 24.7 Å². The van der Waals surface area contributed by atoms with Crippen molar-refractivity contribution in [3.05, 3.63) is 35.0 Å². The van der Waals surface area contributed by atoms with E-state index in [1.54, 1.807) is 7.11 Å². The molecule has 0 saturated heterocycles. The van der Waals surface area contributed by atoms with Crippen molar-refractivity contribution in [3.8, 4) is 17.1 Å². The molecule has 0 unspecified atom stereocenters. The Kier molecular flexibility index (Phi) is 5.80. The first-order chi connectivity index (χ1) is 13.1. The molecule has 3 aromatic rings. The van der Waals surface area contributed by atoms with E-state index in [1.807, 2.05) is 25.1 Å². The van der Waals surface area contributed by atoms with Crippen LogP contribution < -0.4 is 15.8 Å². The van der Waals surface area contributed by atoms with Crippen LogP contribution in [0.5, 0.6) is 5.75 Å². The van der Waals surface area contributed by atoms with Gasteiger partial charge in [-0.3, -0.25) is 0 Å². The monoisotopic (exact) mass is 368 g/mol. The molecule has 0 saturated carbocycles. The molecule has 4 N–H and O–H groups in total. The van der Waals surface area contributed by atoms with Crippen molar-refractivity contribution in [3.63, 3.8) is 0 Å². The number of methoxy groups -OCH3 is 1. The molecule has 0 radical (unpaired) electrons. The average molecular weight is 368 g/mol. The second-order valence-corrected chi connectivity index (χ2v) is 6.21. The van der Waals surface area contributed by atoms with Crippen LogP contribution in [0.2, 0.25) is 0 Å². The normalized spacial score (nSPS) is 10.8. The lowest BCUT2D eigenvalue weighted by molar-refractivity contribution is 0.410. The van der Waals surface area contributed by atoms with Gasteiger partial charge in [0, 0.05) is 29.8 Å². The average Bonchev–Trinajstić information content (AvgIpc) is 3.19. The van der Waals surface area contributed by atoms with Crippen LogP contribution in [0.25, 0.3) is 11.4 Å². The van der Waals surface area contributed by atoms with Crippen LogP contribution in [-0.4, -0.2) is 44.2 Å². The van der Waals surface area contributed by atoms with Gasteiger partial charge in [-0.2, -0.15) is 10.2 Å². The second-order valence-electron chi connectivity index (χ2n) is 6.21. The van der Waals surface area contributed by atoms with Gasteiger partial charge in [0.05, 0.1) is 7.11 Å². The molecule has 27 heavy (non-hydrogen) atoms. The molecule has 0 atom stereocenters. The molecule has 2 aromatic heterocycles. The zero-order valence-electron chi connectivity index (χ0n) is 15.8. The fourth-order valence-corrected chi connectivity index (χ4v) is 2.89. The van der Waals surface area contributed by atoms with Crippen LogP contribution in [-0.2, 0) is 6.42 Å². The number of nitrogens with one attached hydrogen (secondary N) is 2. The Morgan fingerprint density at radius 2 is 2.11 bits per heavy atom. The van der Waals surface area contributed by atoms with Crippen LogP contribution in [0.1, 0.15) is 36.6 Å². The molecule has 0 spiro atoms. The van der Waals surface area contributed by atoms with E-state index in [1.165, 1.54) is 0 Å². The van der Waals surface area contributed by atoms with E-state index in [9.17, 15) is 0 Å². The number of nitrogen functional groups attached to an aromatic ring is 1. The van der Waals surface area contributed by atoms with E-state index in [-0.39, 0.29) is 5.95 Å². The molecular formula is C18H24N8O. The second kappa shape index (κ2) is 8.43. The smallest absolute Gasteiger partial charge is 0.222 e. The van der Waals surface area contributed by atoms with Crippen molar-refractivity contribution in [2.45, 2.75) is 33.1 Å². The number of benzene rings is 1. The molecule has 1 aromatic carbocycles. The molecule has 9 heteroatoms. The van der Waals surface area contributed by atoms with Gasteiger partial charge >= 0.3 is 0 Å².